The maximum Gasteiger partial charge on any atom is 0.251 e. The Bertz CT molecular complexity index is 784. The van der Waals surface area contributed by atoms with Gasteiger partial charge in [-0.05, 0) is 37.8 Å². The molecule has 0 aromatic carbocycles. The number of anilines is 1. The van der Waals surface area contributed by atoms with E-state index in [0.717, 1.165) is 55.8 Å². The number of piperidine rings is 1. The molecule has 2 aliphatic heterocycles. The first-order valence-corrected chi connectivity index (χ1v) is 9.62. The number of aromatic nitrogens is 3. The summed E-state index contributed by atoms with van der Waals surface area (Å²) >= 11 is 0. The highest BCUT2D eigenvalue weighted by Crippen LogP contribution is 2.30. The van der Waals surface area contributed by atoms with E-state index in [1.165, 1.54) is 0 Å². The van der Waals surface area contributed by atoms with Crippen LogP contribution in [0, 0.1) is 0 Å². The molecule has 2 aromatic heterocycles. The second-order valence-electron chi connectivity index (χ2n) is 7.09. The molecule has 2 aromatic rings. The molecule has 0 aliphatic carbocycles. The van der Waals surface area contributed by atoms with E-state index in [-0.39, 0.29) is 12.0 Å². The van der Waals surface area contributed by atoms with Crippen LogP contribution in [0.2, 0.25) is 0 Å². The van der Waals surface area contributed by atoms with Gasteiger partial charge in [0.1, 0.15) is 11.9 Å². The highest BCUT2D eigenvalue weighted by Gasteiger charge is 2.31. The number of amides is 1. The van der Waals surface area contributed by atoms with Crippen LogP contribution < -0.4 is 5.32 Å². The summed E-state index contributed by atoms with van der Waals surface area (Å²) < 4.78 is 5.55. The lowest BCUT2D eigenvalue weighted by atomic mass is 9.92. The van der Waals surface area contributed by atoms with Crippen molar-refractivity contribution in [1.29, 1.82) is 0 Å². The predicted molar refractivity (Wildman–Crippen MR) is 102 cm³/mol. The normalized spacial score (nSPS) is 20.6. The first-order valence-electron chi connectivity index (χ1n) is 9.62. The van der Waals surface area contributed by atoms with Crippen molar-refractivity contribution in [3.63, 3.8) is 0 Å². The summed E-state index contributed by atoms with van der Waals surface area (Å²) in [6.07, 6.45) is 6.95. The molecule has 7 nitrogen and oxygen atoms in total. The van der Waals surface area contributed by atoms with Crippen molar-refractivity contribution in [2.24, 2.45) is 0 Å². The molecule has 1 amide bonds. The van der Waals surface area contributed by atoms with E-state index < -0.39 is 0 Å². The van der Waals surface area contributed by atoms with Gasteiger partial charge in [0.2, 0.25) is 0 Å². The van der Waals surface area contributed by atoms with Crippen molar-refractivity contribution in [3.8, 4) is 11.4 Å². The molecular weight excluding hydrogens is 342 g/mol. The van der Waals surface area contributed by atoms with Crippen LogP contribution in [0.3, 0.4) is 0 Å². The minimum Gasteiger partial charge on any atom is -0.373 e. The molecular formula is C20H25N5O2. The molecule has 2 fully saturated rings. The van der Waals surface area contributed by atoms with Crippen LogP contribution in [0.5, 0.6) is 0 Å². The van der Waals surface area contributed by atoms with Crippen molar-refractivity contribution in [2.45, 2.75) is 37.7 Å². The minimum absolute atomic E-state index is 0.153. The molecule has 4 heterocycles. The minimum atomic E-state index is -0.228. The average molecular weight is 367 g/mol. The zero-order chi connectivity index (χ0) is 18.6. The number of ether oxygens (including phenoxy) is 1. The number of nitrogens with one attached hydrogen (secondary N) is 1. The summed E-state index contributed by atoms with van der Waals surface area (Å²) in [5.41, 5.74) is 1.93. The van der Waals surface area contributed by atoms with E-state index in [1.807, 2.05) is 30.1 Å². The fraction of sp³-hybridized carbons (Fsp3) is 0.500. The Hall–Kier alpha value is -2.54. The van der Waals surface area contributed by atoms with E-state index >= 15 is 0 Å². The molecule has 2 saturated heterocycles. The zero-order valence-electron chi connectivity index (χ0n) is 15.6. The van der Waals surface area contributed by atoms with Crippen molar-refractivity contribution in [2.75, 3.05) is 32.1 Å². The lowest BCUT2D eigenvalue weighted by molar-refractivity contribution is -0.142. The van der Waals surface area contributed by atoms with Crippen molar-refractivity contribution in [1.82, 2.24) is 19.9 Å². The Morgan fingerprint density at radius 3 is 2.78 bits per heavy atom. The lowest BCUT2D eigenvalue weighted by Gasteiger charge is -2.33. The van der Waals surface area contributed by atoms with Gasteiger partial charge in [0.15, 0.2) is 5.82 Å². The molecule has 0 unspecified atom stereocenters. The molecule has 7 heteroatoms. The molecule has 0 bridgehead atoms. The fourth-order valence-corrected chi connectivity index (χ4v) is 3.80. The Labute approximate surface area is 159 Å². The van der Waals surface area contributed by atoms with Crippen molar-refractivity contribution >= 4 is 11.7 Å². The highest BCUT2D eigenvalue weighted by atomic mass is 16.5. The first-order chi connectivity index (χ1) is 13.2. The maximum absolute atomic E-state index is 12.5. The van der Waals surface area contributed by atoms with E-state index in [1.54, 1.807) is 12.4 Å². The Balaban J connectivity index is 1.48. The van der Waals surface area contributed by atoms with Crippen LogP contribution in [-0.2, 0) is 9.53 Å². The smallest absolute Gasteiger partial charge is 0.251 e. The third-order valence-electron chi connectivity index (χ3n) is 5.35. The van der Waals surface area contributed by atoms with Crippen LogP contribution in [0.25, 0.3) is 11.4 Å². The SMILES string of the molecule is CNc1cc(C2CCN(C(=O)[C@H]3CCCO3)CC2)nc(-c2cccnc2)n1. The molecule has 2 aliphatic rings. The summed E-state index contributed by atoms with van der Waals surface area (Å²) in [4.78, 5) is 28.0. The molecule has 142 valence electrons. The van der Waals surface area contributed by atoms with E-state index in [0.29, 0.717) is 18.3 Å². The first kappa shape index (κ1) is 17.9. The van der Waals surface area contributed by atoms with Gasteiger partial charge in [-0.15, -0.1) is 0 Å². The number of hydrogen-bond acceptors (Lipinski definition) is 6. The van der Waals surface area contributed by atoms with E-state index in [4.69, 9.17) is 9.72 Å². The van der Waals surface area contributed by atoms with Crippen LogP contribution >= 0.6 is 0 Å². The van der Waals surface area contributed by atoms with Crippen molar-refractivity contribution < 1.29 is 9.53 Å². The third-order valence-corrected chi connectivity index (χ3v) is 5.35. The van der Waals surface area contributed by atoms with Gasteiger partial charge in [0.05, 0.1) is 0 Å². The van der Waals surface area contributed by atoms with Crippen LogP contribution in [0.1, 0.15) is 37.3 Å². The van der Waals surface area contributed by atoms with Gasteiger partial charge < -0.3 is 15.0 Å². The topological polar surface area (TPSA) is 80.2 Å². The zero-order valence-corrected chi connectivity index (χ0v) is 15.6. The molecule has 0 radical (unpaired) electrons. The third kappa shape index (κ3) is 3.93. The average Bonchev–Trinajstić information content (AvgIpc) is 3.28. The summed E-state index contributed by atoms with van der Waals surface area (Å²) in [5.74, 6) is 1.96. The van der Waals surface area contributed by atoms with Gasteiger partial charge in [-0.1, -0.05) is 0 Å². The van der Waals surface area contributed by atoms with Gasteiger partial charge in [0.25, 0.3) is 5.91 Å². The summed E-state index contributed by atoms with van der Waals surface area (Å²) in [5, 5.41) is 3.13. The number of hydrogen-bond donors (Lipinski definition) is 1. The molecule has 1 N–H and O–H groups in total. The van der Waals surface area contributed by atoms with Gasteiger partial charge in [-0.3, -0.25) is 9.78 Å². The summed E-state index contributed by atoms with van der Waals surface area (Å²) in [6.45, 7) is 2.21. The number of carbonyl (C=O) groups excluding carboxylic acids is 1. The van der Waals surface area contributed by atoms with Gasteiger partial charge in [0, 0.05) is 62.4 Å². The number of likely N-dealkylation sites (tertiary alicyclic amines) is 1. The quantitative estimate of drug-likeness (QED) is 0.894. The van der Waals surface area contributed by atoms with Gasteiger partial charge in [-0.2, -0.15) is 0 Å². The Kier molecular flexibility index (Phi) is 5.29. The number of rotatable bonds is 4. The molecule has 1 atom stereocenters. The standard InChI is InChI=1S/C20H25N5O2/c1-21-18-12-16(23-19(24-18)15-4-2-8-22-13-15)14-6-9-25(10-7-14)20(26)17-5-3-11-27-17/h2,4,8,12-14,17H,3,5-7,9-11H2,1H3,(H,21,23,24)/t17-/m1/s1. The predicted octanol–water partition coefficient (Wildman–Crippen LogP) is 2.47. The largest absolute Gasteiger partial charge is 0.373 e. The van der Waals surface area contributed by atoms with Crippen LogP contribution in [0.15, 0.2) is 30.6 Å². The molecule has 27 heavy (non-hydrogen) atoms. The number of carbonyl (C=O) groups is 1. The summed E-state index contributed by atoms with van der Waals surface area (Å²) in [6, 6.07) is 5.87. The van der Waals surface area contributed by atoms with E-state index in [9.17, 15) is 4.79 Å². The second kappa shape index (κ2) is 8.00. The maximum atomic E-state index is 12.5. The Morgan fingerprint density at radius 2 is 2.11 bits per heavy atom. The molecule has 0 spiro atoms. The second-order valence-corrected chi connectivity index (χ2v) is 7.09. The molecule has 4 rings (SSSR count). The number of nitrogens with zero attached hydrogens (tertiary/aromatic N) is 4. The fourth-order valence-electron chi connectivity index (χ4n) is 3.80. The van der Waals surface area contributed by atoms with Crippen molar-refractivity contribution in [3.05, 3.63) is 36.3 Å². The van der Waals surface area contributed by atoms with E-state index in [2.05, 4.69) is 15.3 Å². The van der Waals surface area contributed by atoms with Gasteiger partial charge >= 0.3 is 0 Å². The number of pyridine rings is 1. The van der Waals surface area contributed by atoms with Gasteiger partial charge in [-0.25, -0.2) is 9.97 Å². The van der Waals surface area contributed by atoms with Crippen LogP contribution in [-0.4, -0.2) is 58.6 Å². The van der Waals surface area contributed by atoms with Crippen LogP contribution in [0.4, 0.5) is 5.82 Å². The summed E-state index contributed by atoms with van der Waals surface area (Å²) in [7, 11) is 1.86. The highest BCUT2D eigenvalue weighted by molar-refractivity contribution is 5.81. The lowest BCUT2D eigenvalue weighted by Crippen LogP contribution is -2.43. The molecule has 0 saturated carbocycles. The Morgan fingerprint density at radius 1 is 1.26 bits per heavy atom. The monoisotopic (exact) mass is 367 g/mol.